The van der Waals surface area contributed by atoms with E-state index < -0.39 is 0 Å². The van der Waals surface area contributed by atoms with Crippen LogP contribution >= 0.6 is 0 Å². The van der Waals surface area contributed by atoms with Gasteiger partial charge in [-0.2, -0.15) is 5.10 Å². The summed E-state index contributed by atoms with van der Waals surface area (Å²) in [4.78, 5) is 0. The summed E-state index contributed by atoms with van der Waals surface area (Å²) >= 11 is 0. The van der Waals surface area contributed by atoms with Crippen LogP contribution in [0.1, 0.15) is 65.3 Å². The van der Waals surface area contributed by atoms with Crippen LogP contribution in [0.3, 0.4) is 0 Å². The molecular weight excluding hydrogens is 210 g/mol. The molecule has 98 valence electrons. The molecule has 1 atom stereocenters. The Hall–Kier alpha value is -0.830. The van der Waals surface area contributed by atoms with Crippen molar-refractivity contribution in [3.8, 4) is 0 Å². The van der Waals surface area contributed by atoms with E-state index in [1.54, 1.807) is 0 Å². The molecule has 0 saturated heterocycles. The highest BCUT2D eigenvalue weighted by atomic mass is 15.3. The fourth-order valence-electron chi connectivity index (χ4n) is 1.87. The summed E-state index contributed by atoms with van der Waals surface area (Å²) in [5, 5.41) is 8.06. The van der Waals surface area contributed by atoms with Crippen LogP contribution in [0, 0.1) is 0 Å². The Balaban J connectivity index is 2.83. The first-order valence-corrected chi connectivity index (χ1v) is 6.69. The lowest BCUT2D eigenvalue weighted by molar-refractivity contribution is 0.421. The Labute approximate surface area is 106 Å². The van der Waals surface area contributed by atoms with Crippen molar-refractivity contribution in [2.45, 2.75) is 72.5 Å². The lowest BCUT2D eigenvalue weighted by atomic mass is 10.1. The number of hydrogen-bond acceptors (Lipinski definition) is 2. The van der Waals surface area contributed by atoms with Crippen molar-refractivity contribution in [3.63, 3.8) is 0 Å². The zero-order valence-electron chi connectivity index (χ0n) is 12.2. The van der Waals surface area contributed by atoms with E-state index in [4.69, 9.17) is 0 Å². The molecule has 0 bridgehead atoms. The molecule has 1 heterocycles. The second kappa shape index (κ2) is 5.67. The predicted molar refractivity (Wildman–Crippen MR) is 73.2 cm³/mol. The fourth-order valence-corrected chi connectivity index (χ4v) is 1.87. The Morgan fingerprint density at radius 2 is 2.00 bits per heavy atom. The van der Waals surface area contributed by atoms with Gasteiger partial charge in [-0.3, -0.25) is 4.68 Å². The van der Waals surface area contributed by atoms with Crippen molar-refractivity contribution in [1.82, 2.24) is 15.1 Å². The van der Waals surface area contributed by atoms with Gasteiger partial charge in [0.15, 0.2) is 0 Å². The molecule has 0 radical (unpaired) electrons. The van der Waals surface area contributed by atoms with Gasteiger partial charge in [0.05, 0.1) is 6.20 Å². The lowest BCUT2D eigenvalue weighted by Crippen LogP contribution is -2.35. The number of nitrogens with one attached hydrogen (secondary N) is 1. The van der Waals surface area contributed by atoms with Gasteiger partial charge < -0.3 is 5.32 Å². The van der Waals surface area contributed by atoms with E-state index in [-0.39, 0.29) is 5.54 Å². The first-order valence-electron chi connectivity index (χ1n) is 6.69. The van der Waals surface area contributed by atoms with Crippen molar-refractivity contribution in [3.05, 3.63) is 17.5 Å². The molecule has 1 aromatic heterocycles. The quantitative estimate of drug-likeness (QED) is 0.851. The van der Waals surface area contributed by atoms with Crippen molar-refractivity contribution in [1.29, 1.82) is 0 Å². The molecule has 1 aromatic rings. The number of nitrogens with zero attached hydrogens (tertiary/aromatic N) is 2. The molecule has 0 spiro atoms. The number of rotatable bonds is 5. The average Bonchev–Trinajstić information content (AvgIpc) is 2.67. The van der Waals surface area contributed by atoms with Gasteiger partial charge in [-0.15, -0.1) is 0 Å². The fraction of sp³-hybridized carbons (Fsp3) is 0.786. The molecule has 1 rings (SSSR count). The minimum atomic E-state index is 0.156. The van der Waals surface area contributed by atoms with Gasteiger partial charge in [0, 0.05) is 29.4 Å². The first-order chi connectivity index (χ1) is 7.89. The van der Waals surface area contributed by atoms with E-state index in [1.807, 2.05) is 6.20 Å². The molecular formula is C14H27N3. The van der Waals surface area contributed by atoms with Crippen molar-refractivity contribution in [2.24, 2.45) is 0 Å². The van der Waals surface area contributed by atoms with Gasteiger partial charge in [-0.1, -0.05) is 13.8 Å². The maximum atomic E-state index is 4.54. The topological polar surface area (TPSA) is 29.9 Å². The van der Waals surface area contributed by atoms with Crippen LogP contribution < -0.4 is 5.32 Å². The molecule has 17 heavy (non-hydrogen) atoms. The van der Waals surface area contributed by atoms with Crippen molar-refractivity contribution in [2.75, 3.05) is 0 Å². The van der Waals surface area contributed by atoms with Crippen LogP contribution in [0.25, 0.3) is 0 Å². The summed E-state index contributed by atoms with van der Waals surface area (Å²) in [5.41, 5.74) is 2.86. The molecule has 0 saturated carbocycles. The molecule has 0 amide bonds. The van der Waals surface area contributed by atoms with E-state index in [9.17, 15) is 0 Å². The van der Waals surface area contributed by atoms with Crippen LogP contribution in [-0.2, 0) is 13.0 Å². The second-order valence-electron chi connectivity index (χ2n) is 5.78. The minimum Gasteiger partial charge on any atom is -0.308 e. The van der Waals surface area contributed by atoms with E-state index in [0.717, 1.165) is 19.4 Å². The summed E-state index contributed by atoms with van der Waals surface area (Å²) < 4.78 is 2.18. The SMILES string of the molecule is CCc1c(CNC(C)(C)C)cnn1C(C)CC. The highest BCUT2D eigenvalue weighted by Crippen LogP contribution is 2.17. The van der Waals surface area contributed by atoms with Crippen molar-refractivity contribution >= 4 is 0 Å². The average molecular weight is 237 g/mol. The van der Waals surface area contributed by atoms with E-state index in [2.05, 4.69) is 56.6 Å². The first kappa shape index (κ1) is 14.2. The van der Waals surface area contributed by atoms with Gasteiger partial charge in [0.2, 0.25) is 0 Å². The highest BCUT2D eigenvalue weighted by Gasteiger charge is 2.15. The Kier molecular flexibility index (Phi) is 4.75. The predicted octanol–water partition coefficient (Wildman–Crippen LogP) is 3.30. The van der Waals surface area contributed by atoms with E-state index >= 15 is 0 Å². The second-order valence-corrected chi connectivity index (χ2v) is 5.78. The third kappa shape index (κ3) is 3.84. The minimum absolute atomic E-state index is 0.156. The molecule has 0 aliphatic rings. The standard InChI is InChI=1S/C14H27N3/c1-7-11(3)17-13(8-2)12(10-16-17)9-15-14(4,5)6/h10-11,15H,7-9H2,1-6H3. The number of aromatic nitrogens is 2. The Morgan fingerprint density at radius 1 is 1.35 bits per heavy atom. The smallest absolute Gasteiger partial charge is 0.0537 e. The zero-order valence-corrected chi connectivity index (χ0v) is 12.2. The van der Waals surface area contributed by atoms with Crippen LogP contribution in [0.4, 0.5) is 0 Å². The zero-order chi connectivity index (χ0) is 13.1. The Morgan fingerprint density at radius 3 is 2.47 bits per heavy atom. The lowest BCUT2D eigenvalue weighted by Gasteiger charge is -2.21. The summed E-state index contributed by atoms with van der Waals surface area (Å²) in [6.45, 7) is 14.1. The molecule has 0 aliphatic carbocycles. The van der Waals surface area contributed by atoms with Gasteiger partial charge >= 0.3 is 0 Å². The highest BCUT2D eigenvalue weighted by molar-refractivity contribution is 5.18. The summed E-state index contributed by atoms with van der Waals surface area (Å²) in [5.74, 6) is 0. The molecule has 0 aliphatic heterocycles. The maximum absolute atomic E-state index is 4.54. The maximum Gasteiger partial charge on any atom is 0.0537 e. The third-order valence-corrected chi connectivity index (χ3v) is 3.14. The summed E-state index contributed by atoms with van der Waals surface area (Å²) in [7, 11) is 0. The molecule has 1 N–H and O–H groups in total. The van der Waals surface area contributed by atoms with Crippen molar-refractivity contribution < 1.29 is 0 Å². The number of hydrogen-bond donors (Lipinski definition) is 1. The molecule has 3 heteroatoms. The van der Waals surface area contributed by atoms with Crippen LogP contribution in [-0.4, -0.2) is 15.3 Å². The Bertz CT molecular complexity index is 347. The van der Waals surface area contributed by atoms with Crippen LogP contribution in [0.2, 0.25) is 0 Å². The molecule has 0 aromatic carbocycles. The summed E-state index contributed by atoms with van der Waals surface area (Å²) in [6.07, 6.45) is 4.19. The summed E-state index contributed by atoms with van der Waals surface area (Å²) in [6, 6.07) is 0.494. The molecule has 0 fully saturated rings. The monoisotopic (exact) mass is 237 g/mol. The van der Waals surface area contributed by atoms with Crippen LogP contribution in [0.15, 0.2) is 6.20 Å². The largest absolute Gasteiger partial charge is 0.308 e. The third-order valence-electron chi connectivity index (χ3n) is 3.14. The molecule has 1 unspecified atom stereocenters. The van der Waals surface area contributed by atoms with Gasteiger partial charge in [-0.25, -0.2) is 0 Å². The van der Waals surface area contributed by atoms with Gasteiger partial charge in [-0.05, 0) is 40.5 Å². The molecule has 3 nitrogen and oxygen atoms in total. The van der Waals surface area contributed by atoms with Gasteiger partial charge in [0.1, 0.15) is 0 Å². The van der Waals surface area contributed by atoms with E-state index in [0.29, 0.717) is 6.04 Å². The van der Waals surface area contributed by atoms with E-state index in [1.165, 1.54) is 11.3 Å². The normalized spacial score (nSPS) is 14.0. The van der Waals surface area contributed by atoms with Gasteiger partial charge in [0.25, 0.3) is 0 Å². The van der Waals surface area contributed by atoms with Crippen LogP contribution in [0.5, 0.6) is 0 Å².